The van der Waals surface area contributed by atoms with Gasteiger partial charge in [-0.15, -0.1) is 0 Å². The van der Waals surface area contributed by atoms with Crippen molar-refractivity contribution < 1.29 is 14.9 Å². The van der Waals surface area contributed by atoms with E-state index >= 15 is 0 Å². The van der Waals surface area contributed by atoms with Crippen LogP contribution in [0.15, 0.2) is 66.7 Å². The molecule has 5 rings (SSSR count). The minimum Gasteiger partial charge on any atom is -0.508 e. The SMILES string of the molecule is Oc1ccc(C2COc3cc(O)ccc3C2c2ccc(CCN3CCCC3)cc2)cc1. The Balaban J connectivity index is 1.44. The number of ether oxygens (including phenoxy) is 1. The molecule has 0 spiro atoms. The Morgan fingerprint density at radius 1 is 0.806 bits per heavy atom. The molecule has 4 heteroatoms. The van der Waals surface area contributed by atoms with Gasteiger partial charge >= 0.3 is 0 Å². The highest BCUT2D eigenvalue weighted by Gasteiger charge is 2.33. The van der Waals surface area contributed by atoms with Crippen molar-refractivity contribution in [1.82, 2.24) is 4.90 Å². The zero-order valence-corrected chi connectivity index (χ0v) is 17.7. The van der Waals surface area contributed by atoms with Gasteiger partial charge in [-0.2, -0.15) is 0 Å². The molecule has 0 bridgehead atoms. The van der Waals surface area contributed by atoms with Gasteiger partial charge in [-0.25, -0.2) is 0 Å². The normalized spacial score (nSPS) is 20.9. The van der Waals surface area contributed by atoms with E-state index in [9.17, 15) is 10.2 Å². The van der Waals surface area contributed by atoms with Crippen molar-refractivity contribution in [3.63, 3.8) is 0 Å². The van der Waals surface area contributed by atoms with Crippen molar-refractivity contribution in [3.8, 4) is 17.2 Å². The topological polar surface area (TPSA) is 52.9 Å². The van der Waals surface area contributed by atoms with Crippen molar-refractivity contribution in [2.75, 3.05) is 26.2 Å². The lowest BCUT2D eigenvalue weighted by molar-refractivity contribution is 0.247. The van der Waals surface area contributed by atoms with E-state index in [1.165, 1.54) is 37.1 Å². The van der Waals surface area contributed by atoms with Crippen molar-refractivity contribution in [3.05, 3.63) is 89.0 Å². The van der Waals surface area contributed by atoms with Crippen molar-refractivity contribution in [2.45, 2.75) is 31.1 Å². The highest BCUT2D eigenvalue weighted by atomic mass is 16.5. The van der Waals surface area contributed by atoms with Gasteiger partial charge in [-0.3, -0.25) is 0 Å². The molecule has 0 aliphatic carbocycles. The number of hydrogen-bond acceptors (Lipinski definition) is 4. The Morgan fingerprint density at radius 2 is 1.48 bits per heavy atom. The van der Waals surface area contributed by atoms with E-state index in [4.69, 9.17) is 4.74 Å². The number of nitrogens with zero attached hydrogens (tertiary/aromatic N) is 1. The van der Waals surface area contributed by atoms with Gasteiger partial charge in [0, 0.05) is 30.0 Å². The Morgan fingerprint density at radius 3 is 2.23 bits per heavy atom. The Labute approximate surface area is 183 Å². The Bertz CT molecular complexity index is 1020. The highest BCUT2D eigenvalue weighted by molar-refractivity contribution is 5.50. The molecule has 2 unspecified atom stereocenters. The fourth-order valence-corrected chi connectivity index (χ4v) is 5.00. The molecule has 2 aliphatic heterocycles. The smallest absolute Gasteiger partial charge is 0.126 e. The van der Waals surface area contributed by atoms with Crippen LogP contribution in [-0.2, 0) is 6.42 Å². The molecule has 160 valence electrons. The van der Waals surface area contributed by atoms with Crippen LogP contribution in [0.25, 0.3) is 0 Å². The molecular weight excluding hydrogens is 386 g/mol. The summed E-state index contributed by atoms with van der Waals surface area (Å²) in [5.41, 5.74) is 4.85. The van der Waals surface area contributed by atoms with Gasteiger partial charge in [0.05, 0.1) is 6.61 Å². The summed E-state index contributed by atoms with van der Waals surface area (Å²) in [5, 5.41) is 19.7. The molecule has 2 heterocycles. The maximum atomic E-state index is 9.93. The quantitative estimate of drug-likeness (QED) is 0.613. The Hall–Kier alpha value is -2.98. The van der Waals surface area contributed by atoms with Crippen molar-refractivity contribution >= 4 is 0 Å². The van der Waals surface area contributed by atoms with E-state index in [0.29, 0.717) is 6.61 Å². The summed E-state index contributed by atoms with van der Waals surface area (Å²) in [6.45, 7) is 4.13. The number of rotatable bonds is 5. The molecule has 0 aromatic heterocycles. The molecule has 0 radical (unpaired) electrons. The summed E-state index contributed by atoms with van der Waals surface area (Å²) in [5.74, 6) is 1.50. The van der Waals surface area contributed by atoms with Crippen LogP contribution in [0, 0.1) is 0 Å². The molecule has 2 aliphatic rings. The molecule has 1 fully saturated rings. The summed E-state index contributed by atoms with van der Waals surface area (Å²) >= 11 is 0. The lowest BCUT2D eigenvalue weighted by Gasteiger charge is -2.34. The number of benzene rings is 3. The second-order valence-corrected chi connectivity index (χ2v) is 8.75. The minimum atomic E-state index is 0.126. The van der Waals surface area contributed by atoms with Gasteiger partial charge in [0.25, 0.3) is 0 Å². The standard InChI is InChI=1S/C27H29NO3/c29-22-9-7-20(8-10-22)25-18-31-26-17-23(30)11-12-24(26)27(25)21-5-3-19(4-6-21)13-16-28-14-1-2-15-28/h3-12,17,25,27,29-30H,1-2,13-16,18H2. The van der Waals surface area contributed by atoms with Gasteiger partial charge in [0.1, 0.15) is 17.2 Å². The average molecular weight is 416 g/mol. The van der Waals surface area contributed by atoms with Crippen LogP contribution in [0.1, 0.15) is 46.9 Å². The zero-order valence-electron chi connectivity index (χ0n) is 17.7. The van der Waals surface area contributed by atoms with Crippen LogP contribution in [-0.4, -0.2) is 41.4 Å². The summed E-state index contributed by atoms with van der Waals surface area (Å²) in [6.07, 6.45) is 3.74. The number of hydrogen-bond donors (Lipinski definition) is 2. The zero-order chi connectivity index (χ0) is 21.2. The van der Waals surface area contributed by atoms with Crippen LogP contribution in [0.2, 0.25) is 0 Å². The summed E-state index contributed by atoms with van der Waals surface area (Å²) in [7, 11) is 0. The van der Waals surface area contributed by atoms with Gasteiger partial charge in [0.2, 0.25) is 0 Å². The van der Waals surface area contributed by atoms with Gasteiger partial charge < -0.3 is 19.8 Å². The molecule has 1 saturated heterocycles. The molecule has 31 heavy (non-hydrogen) atoms. The average Bonchev–Trinajstić information content (AvgIpc) is 3.32. The van der Waals surface area contributed by atoms with E-state index in [0.717, 1.165) is 29.8 Å². The molecule has 4 nitrogen and oxygen atoms in total. The lowest BCUT2D eigenvalue weighted by Crippen LogP contribution is -2.25. The third-order valence-corrected chi connectivity index (χ3v) is 6.73. The minimum absolute atomic E-state index is 0.126. The van der Waals surface area contributed by atoms with Crippen LogP contribution in [0.5, 0.6) is 17.2 Å². The maximum absolute atomic E-state index is 9.93. The third-order valence-electron chi connectivity index (χ3n) is 6.73. The van der Waals surface area contributed by atoms with Crippen molar-refractivity contribution in [1.29, 1.82) is 0 Å². The van der Waals surface area contributed by atoms with Crippen LogP contribution in [0.3, 0.4) is 0 Å². The predicted molar refractivity (Wildman–Crippen MR) is 122 cm³/mol. The van der Waals surface area contributed by atoms with Gasteiger partial charge in [-0.1, -0.05) is 42.5 Å². The van der Waals surface area contributed by atoms with Gasteiger partial charge in [0.15, 0.2) is 0 Å². The highest BCUT2D eigenvalue weighted by Crippen LogP contribution is 2.47. The van der Waals surface area contributed by atoms with E-state index in [1.807, 2.05) is 18.2 Å². The number of aromatic hydroxyl groups is 2. The molecule has 0 amide bonds. The number of likely N-dealkylation sites (tertiary alicyclic amines) is 1. The molecule has 0 saturated carbocycles. The van der Waals surface area contributed by atoms with Crippen LogP contribution in [0.4, 0.5) is 0 Å². The number of phenols is 2. The monoisotopic (exact) mass is 415 g/mol. The number of fused-ring (bicyclic) bond motifs is 1. The second kappa shape index (κ2) is 8.64. The predicted octanol–water partition coefficient (Wildman–Crippen LogP) is 5.04. The maximum Gasteiger partial charge on any atom is 0.126 e. The van der Waals surface area contributed by atoms with E-state index in [1.54, 1.807) is 24.3 Å². The largest absolute Gasteiger partial charge is 0.508 e. The van der Waals surface area contributed by atoms with E-state index in [2.05, 4.69) is 29.2 Å². The first kappa shape index (κ1) is 20.0. The molecule has 2 N–H and O–H groups in total. The lowest BCUT2D eigenvalue weighted by atomic mass is 9.75. The fourth-order valence-electron chi connectivity index (χ4n) is 5.00. The van der Waals surface area contributed by atoms with Crippen LogP contribution < -0.4 is 4.74 Å². The first-order valence-corrected chi connectivity index (χ1v) is 11.2. The fraction of sp³-hybridized carbons (Fsp3) is 0.333. The van der Waals surface area contributed by atoms with Crippen LogP contribution >= 0.6 is 0 Å². The first-order chi connectivity index (χ1) is 15.2. The molecular formula is C27H29NO3. The number of phenolic OH excluding ortho intramolecular Hbond substituents is 2. The molecule has 2 atom stereocenters. The third kappa shape index (κ3) is 4.26. The Kier molecular flexibility index (Phi) is 5.56. The van der Waals surface area contributed by atoms with E-state index in [-0.39, 0.29) is 23.3 Å². The summed E-state index contributed by atoms with van der Waals surface area (Å²) in [6, 6.07) is 21.9. The first-order valence-electron chi connectivity index (χ1n) is 11.2. The van der Waals surface area contributed by atoms with Crippen molar-refractivity contribution in [2.24, 2.45) is 0 Å². The molecule has 3 aromatic carbocycles. The summed E-state index contributed by atoms with van der Waals surface area (Å²) < 4.78 is 6.04. The van der Waals surface area contributed by atoms with E-state index < -0.39 is 0 Å². The van der Waals surface area contributed by atoms with Gasteiger partial charge in [-0.05, 0) is 67.2 Å². The summed E-state index contributed by atoms with van der Waals surface area (Å²) in [4.78, 5) is 2.55. The molecule has 3 aromatic rings. The second-order valence-electron chi connectivity index (χ2n) is 8.75.